The van der Waals surface area contributed by atoms with E-state index < -0.39 is 0 Å². The zero-order valence-corrected chi connectivity index (χ0v) is 12.3. The molecule has 0 bridgehead atoms. The number of hydrogen-bond acceptors (Lipinski definition) is 3. The van der Waals surface area contributed by atoms with E-state index in [0.29, 0.717) is 29.8 Å². The van der Waals surface area contributed by atoms with Gasteiger partial charge in [0.25, 0.3) is 0 Å². The molecule has 1 aromatic carbocycles. The summed E-state index contributed by atoms with van der Waals surface area (Å²) in [6.45, 7) is 7.95. The summed E-state index contributed by atoms with van der Waals surface area (Å²) < 4.78 is 5.32. The lowest BCUT2D eigenvalue weighted by Crippen LogP contribution is -2.33. The molecule has 0 spiro atoms. The Kier molecular flexibility index (Phi) is 4.25. The van der Waals surface area contributed by atoms with Gasteiger partial charge in [-0.2, -0.15) is 0 Å². The molecule has 19 heavy (non-hydrogen) atoms. The first-order chi connectivity index (χ1) is 9.01. The molecule has 2 rings (SSSR count). The summed E-state index contributed by atoms with van der Waals surface area (Å²) in [5.74, 6) is 1.52. The van der Waals surface area contributed by atoms with Crippen LogP contribution in [0.15, 0.2) is 18.2 Å². The smallest absolute Gasteiger partial charge is 0.180 e. The fourth-order valence-corrected chi connectivity index (χ4v) is 2.91. The van der Waals surface area contributed by atoms with Gasteiger partial charge >= 0.3 is 0 Å². The molecular weight excluding hydrogens is 238 g/mol. The molecule has 1 aliphatic rings. The van der Waals surface area contributed by atoms with Gasteiger partial charge < -0.3 is 4.74 Å². The van der Waals surface area contributed by atoms with Crippen LogP contribution >= 0.6 is 0 Å². The Labute approximate surface area is 115 Å². The highest BCUT2D eigenvalue weighted by Gasteiger charge is 2.28. The van der Waals surface area contributed by atoms with Crippen LogP contribution in [0.1, 0.15) is 36.2 Å². The molecular formula is C16H23NO2. The van der Waals surface area contributed by atoms with Crippen LogP contribution in [0.2, 0.25) is 0 Å². The van der Waals surface area contributed by atoms with E-state index in [-0.39, 0.29) is 5.78 Å². The Bertz CT molecular complexity index is 470. The second kappa shape index (κ2) is 5.74. The van der Waals surface area contributed by atoms with Crippen LogP contribution in [-0.2, 0) is 0 Å². The number of aryl methyl sites for hydroxylation is 1. The number of ketones is 1. The molecule has 0 aromatic heterocycles. The molecule has 0 N–H and O–H groups in total. The summed E-state index contributed by atoms with van der Waals surface area (Å²) in [5.41, 5.74) is 1.80. The number of carbonyl (C=O) groups excluding carboxylic acids is 1. The number of likely N-dealkylation sites (tertiary alicyclic amines) is 1. The highest BCUT2D eigenvalue weighted by molar-refractivity contribution is 6.00. The van der Waals surface area contributed by atoms with Crippen LogP contribution in [0.3, 0.4) is 0 Å². The van der Waals surface area contributed by atoms with Crippen molar-refractivity contribution in [2.75, 3.05) is 20.2 Å². The first kappa shape index (κ1) is 14.1. The van der Waals surface area contributed by atoms with E-state index in [1.165, 1.54) is 6.42 Å². The standard InChI is InChI=1S/C16H23NO2/c1-11-5-6-14(16(8-11)19-4)15(18)10-17-9-12(2)7-13(17)3/h5-6,8,12-13H,7,9-10H2,1-4H3. The highest BCUT2D eigenvalue weighted by Crippen LogP contribution is 2.25. The van der Waals surface area contributed by atoms with Gasteiger partial charge in [-0.05, 0) is 43.9 Å². The molecule has 1 aromatic rings. The average molecular weight is 261 g/mol. The maximum absolute atomic E-state index is 12.4. The lowest BCUT2D eigenvalue weighted by atomic mass is 10.1. The maximum Gasteiger partial charge on any atom is 0.180 e. The molecule has 0 radical (unpaired) electrons. The molecule has 3 heteroatoms. The Balaban J connectivity index is 2.12. The summed E-state index contributed by atoms with van der Waals surface area (Å²) in [6.07, 6.45) is 1.18. The molecule has 1 saturated heterocycles. The molecule has 1 heterocycles. The van der Waals surface area contributed by atoms with E-state index in [0.717, 1.165) is 12.1 Å². The monoisotopic (exact) mass is 261 g/mol. The Morgan fingerprint density at radius 3 is 2.74 bits per heavy atom. The van der Waals surface area contributed by atoms with Gasteiger partial charge in [-0.25, -0.2) is 0 Å². The number of methoxy groups -OCH3 is 1. The van der Waals surface area contributed by atoms with E-state index in [4.69, 9.17) is 4.74 Å². The molecule has 104 valence electrons. The summed E-state index contributed by atoms with van der Waals surface area (Å²) in [5, 5.41) is 0. The van der Waals surface area contributed by atoms with Crippen molar-refractivity contribution in [1.82, 2.24) is 4.90 Å². The normalized spacial score (nSPS) is 23.6. The van der Waals surface area contributed by atoms with Crippen molar-refractivity contribution in [2.45, 2.75) is 33.2 Å². The van der Waals surface area contributed by atoms with Crippen molar-refractivity contribution in [2.24, 2.45) is 5.92 Å². The van der Waals surface area contributed by atoms with Gasteiger partial charge in [-0.3, -0.25) is 9.69 Å². The van der Waals surface area contributed by atoms with Gasteiger partial charge in [-0.1, -0.05) is 13.0 Å². The van der Waals surface area contributed by atoms with Gasteiger partial charge in [0.05, 0.1) is 19.2 Å². The predicted molar refractivity (Wildman–Crippen MR) is 76.9 cm³/mol. The van der Waals surface area contributed by atoms with Crippen LogP contribution in [0, 0.1) is 12.8 Å². The van der Waals surface area contributed by atoms with E-state index in [1.54, 1.807) is 7.11 Å². The number of Topliss-reactive ketones (excluding diaryl/α,β-unsaturated/α-hetero) is 1. The Morgan fingerprint density at radius 2 is 2.16 bits per heavy atom. The molecule has 0 aliphatic carbocycles. The van der Waals surface area contributed by atoms with Crippen LogP contribution < -0.4 is 4.74 Å². The summed E-state index contributed by atoms with van der Waals surface area (Å²) >= 11 is 0. The number of hydrogen-bond donors (Lipinski definition) is 0. The van der Waals surface area contributed by atoms with Crippen molar-refractivity contribution < 1.29 is 9.53 Å². The van der Waals surface area contributed by atoms with Gasteiger partial charge in [0.1, 0.15) is 5.75 Å². The van der Waals surface area contributed by atoms with Gasteiger partial charge in [-0.15, -0.1) is 0 Å². The van der Waals surface area contributed by atoms with Crippen molar-refractivity contribution in [1.29, 1.82) is 0 Å². The van der Waals surface area contributed by atoms with Crippen LogP contribution in [0.4, 0.5) is 0 Å². The van der Waals surface area contributed by atoms with E-state index in [1.807, 2.05) is 25.1 Å². The molecule has 0 saturated carbocycles. The van der Waals surface area contributed by atoms with Crippen LogP contribution in [0.25, 0.3) is 0 Å². The zero-order valence-electron chi connectivity index (χ0n) is 12.3. The molecule has 1 fully saturated rings. The number of ether oxygens (including phenoxy) is 1. The van der Waals surface area contributed by atoms with Crippen LogP contribution in [0.5, 0.6) is 5.75 Å². The first-order valence-corrected chi connectivity index (χ1v) is 6.93. The second-order valence-electron chi connectivity index (χ2n) is 5.75. The number of rotatable bonds is 4. The predicted octanol–water partition coefficient (Wildman–Crippen LogP) is 2.92. The zero-order chi connectivity index (χ0) is 14.0. The van der Waals surface area contributed by atoms with Gasteiger partial charge in [0.2, 0.25) is 0 Å². The highest BCUT2D eigenvalue weighted by atomic mass is 16.5. The lowest BCUT2D eigenvalue weighted by molar-refractivity contribution is 0.0922. The fraction of sp³-hybridized carbons (Fsp3) is 0.562. The van der Waals surface area contributed by atoms with E-state index in [9.17, 15) is 4.79 Å². The molecule has 2 atom stereocenters. The quantitative estimate of drug-likeness (QED) is 0.780. The van der Waals surface area contributed by atoms with Crippen molar-refractivity contribution >= 4 is 5.78 Å². The Hall–Kier alpha value is -1.35. The molecule has 1 aliphatic heterocycles. The van der Waals surface area contributed by atoms with Crippen molar-refractivity contribution in [3.05, 3.63) is 29.3 Å². The summed E-state index contributed by atoms with van der Waals surface area (Å²) in [6, 6.07) is 6.26. The third-order valence-electron chi connectivity index (χ3n) is 3.92. The largest absolute Gasteiger partial charge is 0.496 e. The molecule has 0 amide bonds. The number of benzene rings is 1. The molecule has 2 unspecified atom stereocenters. The topological polar surface area (TPSA) is 29.5 Å². The second-order valence-corrected chi connectivity index (χ2v) is 5.75. The minimum absolute atomic E-state index is 0.151. The SMILES string of the molecule is COc1cc(C)ccc1C(=O)CN1CC(C)CC1C. The lowest BCUT2D eigenvalue weighted by Gasteiger charge is -2.20. The number of carbonyl (C=O) groups is 1. The Morgan fingerprint density at radius 1 is 1.42 bits per heavy atom. The minimum atomic E-state index is 0.151. The van der Waals surface area contributed by atoms with Gasteiger partial charge in [0, 0.05) is 12.6 Å². The van der Waals surface area contributed by atoms with Crippen molar-refractivity contribution in [3.8, 4) is 5.75 Å². The third kappa shape index (κ3) is 3.16. The summed E-state index contributed by atoms with van der Waals surface area (Å²) in [7, 11) is 1.62. The van der Waals surface area contributed by atoms with E-state index >= 15 is 0 Å². The van der Waals surface area contributed by atoms with Crippen LogP contribution in [-0.4, -0.2) is 36.9 Å². The third-order valence-corrected chi connectivity index (χ3v) is 3.92. The maximum atomic E-state index is 12.4. The molecule has 3 nitrogen and oxygen atoms in total. The number of nitrogens with zero attached hydrogens (tertiary/aromatic N) is 1. The fourth-order valence-electron chi connectivity index (χ4n) is 2.91. The van der Waals surface area contributed by atoms with Gasteiger partial charge in [0.15, 0.2) is 5.78 Å². The first-order valence-electron chi connectivity index (χ1n) is 6.93. The minimum Gasteiger partial charge on any atom is -0.496 e. The van der Waals surface area contributed by atoms with Crippen molar-refractivity contribution in [3.63, 3.8) is 0 Å². The summed E-state index contributed by atoms with van der Waals surface area (Å²) in [4.78, 5) is 14.7. The van der Waals surface area contributed by atoms with E-state index in [2.05, 4.69) is 18.7 Å². The average Bonchev–Trinajstić information content (AvgIpc) is 2.67.